The van der Waals surface area contributed by atoms with Crippen molar-refractivity contribution in [3.63, 3.8) is 0 Å². The fourth-order valence-corrected chi connectivity index (χ4v) is 6.08. The van der Waals surface area contributed by atoms with Crippen LogP contribution in [0.25, 0.3) is 17.1 Å². The maximum absolute atomic E-state index is 15.0. The monoisotopic (exact) mass is 466 g/mol. The van der Waals surface area contributed by atoms with Crippen molar-refractivity contribution in [2.75, 3.05) is 12.8 Å². The summed E-state index contributed by atoms with van der Waals surface area (Å²) >= 11 is 0. The van der Waals surface area contributed by atoms with E-state index in [0.29, 0.717) is 22.6 Å². The number of amidine groups is 1. The van der Waals surface area contributed by atoms with Crippen LogP contribution in [0.2, 0.25) is 0 Å². The van der Waals surface area contributed by atoms with Crippen LogP contribution in [-0.2, 0) is 15.3 Å². The molecule has 0 unspecified atom stereocenters. The van der Waals surface area contributed by atoms with Crippen LogP contribution < -0.4 is 5.73 Å². The number of nitriles is 1. The first kappa shape index (κ1) is 22.5. The molecule has 2 N–H and O–H groups in total. The third-order valence-electron chi connectivity index (χ3n) is 6.00. The van der Waals surface area contributed by atoms with Gasteiger partial charge >= 0.3 is 0 Å². The first-order chi connectivity index (χ1) is 15.5. The van der Waals surface area contributed by atoms with E-state index in [4.69, 9.17) is 11.0 Å². The Kier molecular flexibility index (Phi) is 5.29. The van der Waals surface area contributed by atoms with Gasteiger partial charge in [-0.05, 0) is 51.1 Å². The Morgan fingerprint density at radius 2 is 2.03 bits per heavy atom. The Bertz CT molecular complexity index is 1430. The first-order valence-corrected chi connectivity index (χ1v) is 11.8. The molecule has 1 aliphatic rings. The van der Waals surface area contributed by atoms with E-state index >= 15 is 4.39 Å². The van der Waals surface area contributed by atoms with E-state index < -0.39 is 25.8 Å². The Labute approximate surface area is 191 Å². The highest BCUT2D eigenvalue weighted by Gasteiger charge is 2.47. The molecule has 3 heterocycles. The van der Waals surface area contributed by atoms with Crippen molar-refractivity contribution in [1.29, 1.82) is 5.26 Å². The fraction of sp³-hybridized carbons (Fsp3) is 0.318. The maximum Gasteiger partial charge on any atom is 0.155 e. The summed E-state index contributed by atoms with van der Waals surface area (Å²) in [7, 11) is -1.31. The van der Waals surface area contributed by atoms with Crippen LogP contribution in [0.15, 0.2) is 52.1 Å². The molecule has 0 bridgehead atoms. The molecule has 9 nitrogen and oxygen atoms in total. The van der Waals surface area contributed by atoms with Gasteiger partial charge in [0.2, 0.25) is 0 Å². The van der Waals surface area contributed by atoms with Gasteiger partial charge in [0.05, 0.1) is 27.2 Å². The first-order valence-electron chi connectivity index (χ1n) is 10.1. The Morgan fingerprint density at radius 3 is 2.67 bits per heavy atom. The molecule has 1 aromatic carbocycles. The molecular formula is C22H23FN8OS. The van der Waals surface area contributed by atoms with Gasteiger partial charge in [0.1, 0.15) is 33.7 Å². The largest absolute Gasteiger partial charge is 0.386 e. The normalized spacial score (nSPS) is 24.1. The summed E-state index contributed by atoms with van der Waals surface area (Å²) in [4.78, 5) is 8.78. The predicted molar refractivity (Wildman–Crippen MR) is 124 cm³/mol. The minimum atomic E-state index is -2.80. The molecule has 0 saturated heterocycles. The summed E-state index contributed by atoms with van der Waals surface area (Å²) in [5.74, 6) is 0.205. The molecule has 2 atom stereocenters. The number of pyridine rings is 1. The molecule has 170 valence electrons. The standard InChI is InChI=1S/C22H23FN8OS/c1-21(2)20(25)28-22(3,13-33(21,32)26-4)16-9-15(6-7-17(16)23)18-12-31(30-29-18)19-8-5-14(10-24)11-27-19/h5-9,11-12H,13H2,1-4H3,(H2,25,28)/t22-,33+/m0/s1. The van der Waals surface area contributed by atoms with Crippen LogP contribution in [-0.4, -0.2) is 47.6 Å². The highest BCUT2D eigenvalue weighted by Crippen LogP contribution is 2.39. The summed E-state index contributed by atoms with van der Waals surface area (Å²) < 4.78 is 33.3. The van der Waals surface area contributed by atoms with Crippen LogP contribution in [0.4, 0.5) is 4.39 Å². The lowest BCUT2D eigenvalue weighted by atomic mass is 9.91. The fourth-order valence-electron chi connectivity index (χ4n) is 3.78. The molecule has 0 saturated carbocycles. The number of benzene rings is 1. The van der Waals surface area contributed by atoms with E-state index in [1.54, 1.807) is 51.2 Å². The lowest BCUT2D eigenvalue weighted by molar-refractivity contribution is 0.491. The Balaban J connectivity index is 1.77. The van der Waals surface area contributed by atoms with Gasteiger partial charge in [-0.25, -0.2) is 22.6 Å². The number of hydrogen-bond acceptors (Lipinski definition) is 8. The second-order valence-corrected chi connectivity index (χ2v) is 11.5. The van der Waals surface area contributed by atoms with Crippen LogP contribution in [0.3, 0.4) is 0 Å². The minimum Gasteiger partial charge on any atom is -0.386 e. The van der Waals surface area contributed by atoms with Gasteiger partial charge in [-0.3, -0.25) is 4.99 Å². The zero-order chi connectivity index (χ0) is 24.0. The summed E-state index contributed by atoms with van der Waals surface area (Å²) in [6, 6.07) is 9.83. The molecular weight excluding hydrogens is 443 g/mol. The van der Waals surface area contributed by atoms with Crippen LogP contribution in [0.5, 0.6) is 0 Å². The van der Waals surface area contributed by atoms with Crippen molar-refractivity contribution >= 4 is 15.6 Å². The average Bonchev–Trinajstić information content (AvgIpc) is 3.28. The number of aromatic nitrogens is 4. The summed E-state index contributed by atoms with van der Waals surface area (Å²) in [6.07, 6.45) is 3.09. The molecule has 3 aromatic rings. The number of hydrogen-bond donors (Lipinski definition) is 1. The molecule has 4 rings (SSSR count). The van der Waals surface area contributed by atoms with Gasteiger partial charge in [-0.15, -0.1) is 5.10 Å². The van der Waals surface area contributed by atoms with E-state index in [-0.39, 0.29) is 17.2 Å². The van der Waals surface area contributed by atoms with Crippen molar-refractivity contribution in [2.24, 2.45) is 15.1 Å². The summed E-state index contributed by atoms with van der Waals surface area (Å²) in [5, 5.41) is 17.2. The topological polar surface area (TPSA) is 135 Å². The maximum atomic E-state index is 15.0. The van der Waals surface area contributed by atoms with Gasteiger partial charge in [0.25, 0.3) is 0 Å². The van der Waals surface area contributed by atoms with Gasteiger partial charge in [0.15, 0.2) is 5.82 Å². The van der Waals surface area contributed by atoms with Gasteiger partial charge < -0.3 is 5.73 Å². The van der Waals surface area contributed by atoms with E-state index in [0.717, 1.165) is 0 Å². The molecule has 11 heteroatoms. The molecule has 0 radical (unpaired) electrons. The van der Waals surface area contributed by atoms with Crippen molar-refractivity contribution in [2.45, 2.75) is 31.1 Å². The van der Waals surface area contributed by atoms with Gasteiger partial charge in [-0.2, -0.15) is 5.26 Å². The number of rotatable bonds is 3. The molecule has 0 amide bonds. The molecule has 0 spiro atoms. The highest BCUT2D eigenvalue weighted by molar-refractivity contribution is 7.95. The summed E-state index contributed by atoms with van der Waals surface area (Å²) in [5.41, 5.74) is 6.81. The second-order valence-electron chi connectivity index (χ2n) is 8.51. The molecule has 33 heavy (non-hydrogen) atoms. The van der Waals surface area contributed by atoms with Crippen LogP contribution in [0, 0.1) is 17.1 Å². The summed E-state index contributed by atoms with van der Waals surface area (Å²) in [6.45, 7) is 5.19. The molecule has 0 fully saturated rings. The van der Waals surface area contributed by atoms with Crippen LogP contribution in [0.1, 0.15) is 31.9 Å². The van der Waals surface area contributed by atoms with Gasteiger partial charge in [-0.1, -0.05) is 5.21 Å². The third-order valence-corrected chi connectivity index (χ3v) is 9.35. The number of nitrogens with zero attached hydrogens (tertiary/aromatic N) is 7. The zero-order valence-corrected chi connectivity index (χ0v) is 19.5. The number of halogens is 1. The van der Waals surface area contributed by atoms with Crippen LogP contribution >= 0.6 is 0 Å². The average molecular weight is 467 g/mol. The van der Waals surface area contributed by atoms with E-state index in [9.17, 15) is 4.21 Å². The van der Waals surface area contributed by atoms with Crippen molar-refractivity contribution in [3.05, 3.63) is 59.7 Å². The molecule has 1 aliphatic heterocycles. The van der Waals surface area contributed by atoms with E-state index in [1.165, 1.54) is 24.0 Å². The number of aliphatic imine (C=N–C) groups is 1. The Morgan fingerprint density at radius 1 is 1.27 bits per heavy atom. The highest BCUT2D eigenvalue weighted by atomic mass is 32.2. The van der Waals surface area contributed by atoms with E-state index in [2.05, 4.69) is 24.7 Å². The number of nitrogens with two attached hydrogens (primary N) is 1. The quantitative estimate of drug-likeness (QED) is 0.630. The minimum absolute atomic E-state index is 0.0342. The Hall–Kier alpha value is -3.65. The zero-order valence-electron chi connectivity index (χ0n) is 18.7. The van der Waals surface area contributed by atoms with Gasteiger partial charge in [0, 0.05) is 24.4 Å². The lowest BCUT2D eigenvalue weighted by Gasteiger charge is -2.40. The lowest BCUT2D eigenvalue weighted by Crippen LogP contribution is -2.54. The van der Waals surface area contributed by atoms with E-state index in [1.807, 2.05) is 6.07 Å². The smallest absolute Gasteiger partial charge is 0.155 e. The molecule has 0 aliphatic carbocycles. The van der Waals surface area contributed by atoms with Crippen molar-refractivity contribution < 1.29 is 8.60 Å². The predicted octanol–water partition coefficient (Wildman–Crippen LogP) is 2.80. The second kappa shape index (κ2) is 7.74. The van der Waals surface area contributed by atoms with Crippen molar-refractivity contribution in [1.82, 2.24) is 20.0 Å². The van der Waals surface area contributed by atoms with Crippen molar-refractivity contribution in [3.8, 4) is 23.1 Å². The third kappa shape index (κ3) is 3.66. The SMILES string of the molecule is CN=[S@@]1(=O)C[C@@](C)(c2cc(-c3cn(-c4ccc(C#N)cn4)nn3)ccc2F)N=C(N)C1(C)C. The molecule has 2 aromatic heterocycles.